The highest BCUT2D eigenvalue weighted by Gasteiger charge is 2.32. The fraction of sp³-hybridized carbons (Fsp3) is 0.733. The van der Waals surface area contributed by atoms with Crippen LogP contribution in [0.4, 0.5) is 5.82 Å². The molecule has 0 radical (unpaired) electrons. The molecule has 4 nitrogen and oxygen atoms in total. The first-order valence-electron chi connectivity index (χ1n) is 7.38. The number of aromatic nitrogens is 2. The molecule has 5 heteroatoms. The van der Waals surface area contributed by atoms with E-state index < -0.39 is 5.60 Å². The van der Waals surface area contributed by atoms with E-state index in [1.165, 1.54) is 6.33 Å². The molecule has 0 saturated heterocycles. The average Bonchev–Trinajstić information content (AvgIpc) is 2.40. The molecule has 1 aliphatic carbocycles. The van der Waals surface area contributed by atoms with E-state index in [9.17, 15) is 5.11 Å². The Morgan fingerprint density at radius 1 is 1.40 bits per heavy atom. The second kappa shape index (κ2) is 6.27. The van der Waals surface area contributed by atoms with Gasteiger partial charge in [-0.3, -0.25) is 0 Å². The lowest BCUT2D eigenvalue weighted by molar-refractivity contribution is 0.00493. The quantitative estimate of drug-likeness (QED) is 0.834. The molecule has 0 bridgehead atoms. The van der Waals surface area contributed by atoms with E-state index in [0.29, 0.717) is 11.7 Å². The third-order valence-corrected chi connectivity index (χ3v) is 4.50. The summed E-state index contributed by atoms with van der Waals surface area (Å²) in [5.41, 5.74) is 0.292. The number of nitrogens with zero attached hydrogens (tertiary/aromatic N) is 2. The van der Waals surface area contributed by atoms with Gasteiger partial charge < -0.3 is 10.4 Å². The lowest BCUT2D eigenvalue weighted by Gasteiger charge is -2.35. The molecule has 1 fully saturated rings. The topological polar surface area (TPSA) is 58.0 Å². The average molecular weight is 298 g/mol. The molecule has 20 heavy (non-hydrogen) atoms. The SMILES string of the molecule is CC1CCC(O)(CNc2ncnc(Cl)c2C(C)C)CC1. The van der Waals surface area contributed by atoms with Crippen LogP contribution >= 0.6 is 11.6 Å². The second-order valence-electron chi connectivity index (χ2n) is 6.34. The normalized spacial score (nSPS) is 26.8. The number of rotatable bonds is 4. The molecule has 0 unspecified atom stereocenters. The molecule has 0 aromatic carbocycles. The molecule has 0 spiro atoms. The van der Waals surface area contributed by atoms with Gasteiger partial charge in [0.05, 0.1) is 5.60 Å². The first kappa shape index (κ1) is 15.5. The Labute approximate surface area is 126 Å². The van der Waals surface area contributed by atoms with E-state index in [2.05, 4.69) is 36.1 Å². The Morgan fingerprint density at radius 3 is 2.65 bits per heavy atom. The summed E-state index contributed by atoms with van der Waals surface area (Å²) >= 11 is 6.15. The highest BCUT2D eigenvalue weighted by Crippen LogP contribution is 2.33. The maximum Gasteiger partial charge on any atom is 0.138 e. The van der Waals surface area contributed by atoms with Crippen LogP contribution in [0.15, 0.2) is 6.33 Å². The minimum absolute atomic E-state index is 0.243. The van der Waals surface area contributed by atoms with E-state index in [4.69, 9.17) is 11.6 Å². The molecule has 112 valence electrons. The van der Waals surface area contributed by atoms with Crippen LogP contribution in [-0.2, 0) is 0 Å². The molecule has 2 N–H and O–H groups in total. The third-order valence-electron chi connectivity index (χ3n) is 4.20. The van der Waals surface area contributed by atoms with Crippen LogP contribution in [-0.4, -0.2) is 27.2 Å². The Bertz CT molecular complexity index is 456. The first-order chi connectivity index (χ1) is 9.41. The summed E-state index contributed by atoms with van der Waals surface area (Å²) in [5, 5.41) is 14.4. The minimum Gasteiger partial charge on any atom is -0.388 e. The van der Waals surface area contributed by atoms with Crippen molar-refractivity contribution in [2.75, 3.05) is 11.9 Å². The van der Waals surface area contributed by atoms with Gasteiger partial charge in [0.1, 0.15) is 17.3 Å². The van der Waals surface area contributed by atoms with Crippen molar-refractivity contribution in [3.63, 3.8) is 0 Å². The predicted molar refractivity (Wildman–Crippen MR) is 82.2 cm³/mol. The Kier molecular flexibility index (Phi) is 4.86. The van der Waals surface area contributed by atoms with Crippen LogP contribution in [0.1, 0.15) is 57.9 Å². The Hall–Kier alpha value is -0.870. The maximum atomic E-state index is 10.6. The van der Waals surface area contributed by atoms with Crippen molar-refractivity contribution >= 4 is 17.4 Å². The number of hydrogen-bond donors (Lipinski definition) is 2. The molecule has 2 rings (SSSR count). The monoisotopic (exact) mass is 297 g/mol. The highest BCUT2D eigenvalue weighted by atomic mass is 35.5. The predicted octanol–water partition coefficient (Wildman–Crippen LogP) is 3.61. The lowest BCUT2D eigenvalue weighted by atomic mass is 9.79. The summed E-state index contributed by atoms with van der Waals surface area (Å²) < 4.78 is 0. The van der Waals surface area contributed by atoms with Crippen LogP contribution in [0.3, 0.4) is 0 Å². The van der Waals surface area contributed by atoms with Gasteiger partial charge in [-0.25, -0.2) is 9.97 Å². The Morgan fingerprint density at radius 2 is 2.05 bits per heavy atom. The zero-order valence-corrected chi connectivity index (χ0v) is 13.2. The van der Waals surface area contributed by atoms with Crippen LogP contribution in [0.2, 0.25) is 5.15 Å². The van der Waals surface area contributed by atoms with Crippen molar-refractivity contribution in [3.8, 4) is 0 Å². The van der Waals surface area contributed by atoms with Gasteiger partial charge in [-0.05, 0) is 37.5 Å². The van der Waals surface area contributed by atoms with E-state index >= 15 is 0 Å². The zero-order valence-electron chi connectivity index (χ0n) is 12.5. The van der Waals surface area contributed by atoms with E-state index in [1.807, 2.05) is 0 Å². The van der Waals surface area contributed by atoms with Crippen molar-refractivity contribution in [1.29, 1.82) is 0 Å². The van der Waals surface area contributed by atoms with E-state index in [-0.39, 0.29) is 5.92 Å². The van der Waals surface area contributed by atoms with Crippen LogP contribution in [0.5, 0.6) is 0 Å². The zero-order chi connectivity index (χ0) is 14.8. The molecule has 0 atom stereocenters. The number of halogens is 1. The van der Waals surface area contributed by atoms with Crippen LogP contribution in [0, 0.1) is 5.92 Å². The van der Waals surface area contributed by atoms with E-state index in [0.717, 1.165) is 43.0 Å². The van der Waals surface area contributed by atoms with Crippen molar-refractivity contribution in [2.45, 2.75) is 58.0 Å². The molecule has 1 aromatic rings. The van der Waals surface area contributed by atoms with Gasteiger partial charge in [-0.2, -0.15) is 0 Å². The summed E-state index contributed by atoms with van der Waals surface area (Å²) in [6, 6.07) is 0. The number of aliphatic hydroxyl groups is 1. The Balaban J connectivity index is 2.06. The summed E-state index contributed by atoms with van der Waals surface area (Å²) in [6.45, 7) is 6.89. The van der Waals surface area contributed by atoms with Gasteiger partial charge in [0, 0.05) is 12.1 Å². The van der Waals surface area contributed by atoms with Gasteiger partial charge >= 0.3 is 0 Å². The van der Waals surface area contributed by atoms with Gasteiger partial charge in [0.15, 0.2) is 0 Å². The van der Waals surface area contributed by atoms with Gasteiger partial charge in [0.2, 0.25) is 0 Å². The highest BCUT2D eigenvalue weighted by molar-refractivity contribution is 6.30. The smallest absolute Gasteiger partial charge is 0.138 e. The second-order valence-corrected chi connectivity index (χ2v) is 6.70. The summed E-state index contributed by atoms with van der Waals surface area (Å²) in [7, 11) is 0. The van der Waals surface area contributed by atoms with E-state index in [1.54, 1.807) is 0 Å². The number of hydrogen-bond acceptors (Lipinski definition) is 4. The molecule has 0 aliphatic heterocycles. The van der Waals surface area contributed by atoms with Gasteiger partial charge in [0.25, 0.3) is 0 Å². The molecule has 1 saturated carbocycles. The van der Waals surface area contributed by atoms with Crippen molar-refractivity contribution < 1.29 is 5.11 Å². The number of anilines is 1. The largest absolute Gasteiger partial charge is 0.388 e. The molecular formula is C15H24ClN3O. The fourth-order valence-electron chi connectivity index (χ4n) is 2.75. The minimum atomic E-state index is -0.627. The van der Waals surface area contributed by atoms with Crippen molar-refractivity contribution in [2.24, 2.45) is 5.92 Å². The lowest BCUT2D eigenvalue weighted by Crippen LogP contribution is -2.40. The van der Waals surface area contributed by atoms with Gasteiger partial charge in [-0.15, -0.1) is 0 Å². The molecule has 1 aromatic heterocycles. The molecule has 0 amide bonds. The summed E-state index contributed by atoms with van der Waals surface area (Å²) in [5.74, 6) is 1.70. The molecular weight excluding hydrogens is 274 g/mol. The maximum absolute atomic E-state index is 10.6. The van der Waals surface area contributed by atoms with Crippen molar-refractivity contribution in [3.05, 3.63) is 17.0 Å². The molecule has 1 heterocycles. The summed E-state index contributed by atoms with van der Waals surface area (Å²) in [6.07, 6.45) is 5.32. The number of nitrogens with one attached hydrogen (secondary N) is 1. The fourth-order valence-corrected chi connectivity index (χ4v) is 3.10. The van der Waals surface area contributed by atoms with Gasteiger partial charge in [-0.1, -0.05) is 32.4 Å². The van der Waals surface area contributed by atoms with Crippen LogP contribution in [0.25, 0.3) is 0 Å². The van der Waals surface area contributed by atoms with Crippen molar-refractivity contribution in [1.82, 2.24) is 9.97 Å². The first-order valence-corrected chi connectivity index (χ1v) is 7.76. The van der Waals surface area contributed by atoms with Crippen LogP contribution < -0.4 is 5.32 Å². The molecule has 1 aliphatic rings. The summed E-state index contributed by atoms with van der Waals surface area (Å²) in [4.78, 5) is 8.31. The third kappa shape index (κ3) is 3.61. The standard InChI is InChI=1S/C15H24ClN3O/c1-10(2)12-13(16)18-9-19-14(12)17-8-15(20)6-4-11(3)5-7-15/h9-11,20H,4-8H2,1-3H3,(H,17,18,19).